The van der Waals surface area contributed by atoms with E-state index in [0.717, 1.165) is 17.9 Å². The largest absolute Gasteiger partial charge is 0.140 e. The molecule has 0 unspecified atom stereocenters. The van der Waals surface area contributed by atoms with E-state index >= 15 is 0 Å². The predicted octanol–water partition coefficient (Wildman–Crippen LogP) is 11.1. The van der Waals surface area contributed by atoms with Crippen molar-refractivity contribution in [3.63, 3.8) is 0 Å². The number of hydrogen-bond acceptors (Lipinski definition) is 1. The van der Waals surface area contributed by atoms with Gasteiger partial charge in [0.25, 0.3) is 0 Å². The van der Waals surface area contributed by atoms with E-state index in [9.17, 15) is 0 Å². The Hall–Kier alpha value is -2.42. The Kier molecular flexibility index (Phi) is 10.2. The van der Waals surface area contributed by atoms with Crippen molar-refractivity contribution in [2.24, 2.45) is 0 Å². The summed E-state index contributed by atoms with van der Waals surface area (Å²) in [5.41, 5.74) is 12.4. The molecule has 238 valence electrons. The molecule has 0 atom stereocenters. The van der Waals surface area contributed by atoms with Crippen LogP contribution >= 0.6 is 23.4 Å². The first kappa shape index (κ1) is 35.4. The Labute approximate surface area is 285 Å². The first-order valence-electron chi connectivity index (χ1n) is 16.5. The van der Waals surface area contributed by atoms with Gasteiger partial charge in [0.2, 0.25) is 0 Å². The van der Waals surface area contributed by atoms with E-state index in [1.54, 1.807) is 0 Å². The molecule has 0 aliphatic carbocycles. The van der Waals surface area contributed by atoms with Crippen LogP contribution in [0.5, 0.6) is 0 Å². The van der Waals surface area contributed by atoms with E-state index in [0.29, 0.717) is 0 Å². The van der Waals surface area contributed by atoms with Crippen molar-refractivity contribution in [1.29, 1.82) is 0 Å². The van der Waals surface area contributed by atoms with E-state index < -0.39 is 0 Å². The Balaban J connectivity index is 1.49. The normalized spacial score (nSPS) is 12.9. The fraction of sp³-hybridized carbons (Fsp3) is 0.429. The average Bonchev–Trinajstić information content (AvgIpc) is 2.90. The maximum absolute atomic E-state index is 6.95. The molecule has 4 aromatic carbocycles. The summed E-state index contributed by atoms with van der Waals surface area (Å²) in [6, 6.07) is 27.7. The third-order valence-corrected chi connectivity index (χ3v) is 10.2. The van der Waals surface area contributed by atoms with Gasteiger partial charge in [-0.2, -0.15) is 0 Å². The minimum absolute atomic E-state index is 0.00594. The lowest BCUT2D eigenvalue weighted by atomic mass is 9.69. The number of benzene rings is 4. The van der Waals surface area contributed by atoms with E-state index in [-0.39, 0.29) is 21.7 Å². The van der Waals surface area contributed by atoms with Gasteiger partial charge in [0, 0.05) is 14.8 Å². The van der Waals surface area contributed by atoms with Crippen molar-refractivity contribution in [2.45, 2.75) is 127 Å². The minimum Gasteiger partial charge on any atom is -0.0901 e. The predicted molar refractivity (Wildman–Crippen MR) is 203 cm³/mol. The molecule has 4 aromatic rings. The second kappa shape index (κ2) is 13.0. The van der Waals surface area contributed by atoms with Crippen LogP contribution in [-0.4, -0.2) is 7.85 Å². The maximum atomic E-state index is 6.95. The lowest BCUT2D eigenvalue weighted by molar-refractivity contribution is 0.567. The maximum Gasteiger partial charge on any atom is 0.140 e. The van der Waals surface area contributed by atoms with Crippen LogP contribution in [0.1, 0.15) is 128 Å². The SMILES string of the molecule is Bc1c(C(C)(C)C)cc(Cc2ccc(Sc3ccc(Cc4cc(C(C)(C)C)c(Cl)c(C(C)(C)C)c4)cc3)cc2)cc1C(C)(C)C. The van der Waals surface area contributed by atoms with Crippen LogP contribution in [0.25, 0.3) is 0 Å². The van der Waals surface area contributed by atoms with Gasteiger partial charge in [-0.15, -0.1) is 0 Å². The zero-order valence-electron chi connectivity index (χ0n) is 30.1. The summed E-state index contributed by atoms with van der Waals surface area (Å²) in [7, 11) is 2.30. The molecule has 0 aliphatic heterocycles. The zero-order chi connectivity index (χ0) is 33.5. The second-order valence-electron chi connectivity index (χ2n) is 17.1. The van der Waals surface area contributed by atoms with Crippen molar-refractivity contribution in [3.05, 3.63) is 122 Å². The Morgan fingerprint density at radius 3 is 1.04 bits per heavy atom. The van der Waals surface area contributed by atoms with Gasteiger partial charge in [-0.05, 0) is 103 Å². The van der Waals surface area contributed by atoms with E-state index in [2.05, 4.69) is 164 Å². The monoisotopic (exact) mass is 636 g/mol. The van der Waals surface area contributed by atoms with E-state index in [1.807, 2.05) is 11.8 Å². The van der Waals surface area contributed by atoms with Crippen molar-refractivity contribution in [1.82, 2.24) is 0 Å². The molecule has 0 saturated carbocycles. The summed E-state index contributed by atoms with van der Waals surface area (Å²) >= 11 is 8.78. The number of rotatable bonds is 6. The molecule has 4 rings (SSSR count). The van der Waals surface area contributed by atoms with Crippen LogP contribution in [0, 0.1) is 0 Å². The van der Waals surface area contributed by atoms with Crippen LogP contribution < -0.4 is 5.46 Å². The summed E-state index contributed by atoms with van der Waals surface area (Å²) < 4.78 is 0. The first-order valence-corrected chi connectivity index (χ1v) is 17.7. The molecule has 0 fully saturated rings. The molecule has 0 radical (unpaired) electrons. The topological polar surface area (TPSA) is 0 Å². The van der Waals surface area contributed by atoms with Crippen LogP contribution in [0.15, 0.2) is 82.6 Å². The summed E-state index contributed by atoms with van der Waals surface area (Å²) in [5, 5.41) is 0.916. The highest BCUT2D eigenvalue weighted by molar-refractivity contribution is 7.99. The van der Waals surface area contributed by atoms with E-state index in [1.165, 1.54) is 59.8 Å². The average molecular weight is 637 g/mol. The molecule has 0 aliphatic rings. The summed E-state index contributed by atoms with van der Waals surface area (Å²) in [6.07, 6.45) is 1.85. The third kappa shape index (κ3) is 8.90. The summed E-state index contributed by atoms with van der Waals surface area (Å²) in [6.45, 7) is 27.4. The Morgan fingerprint density at radius 1 is 0.467 bits per heavy atom. The van der Waals surface area contributed by atoms with Crippen molar-refractivity contribution in [3.8, 4) is 0 Å². The molecule has 0 amide bonds. The van der Waals surface area contributed by atoms with Gasteiger partial charge >= 0.3 is 0 Å². The Morgan fingerprint density at radius 2 is 0.756 bits per heavy atom. The van der Waals surface area contributed by atoms with Crippen LogP contribution in [0.2, 0.25) is 5.02 Å². The molecule has 45 heavy (non-hydrogen) atoms. The highest BCUT2D eigenvalue weighted by Gasteiger charge is 2.26. The molecule has 3 heteroatoms. The van der Waals surface area contributed by atoms with Crippen molar-refractivity contribution in [2.75, 3.05) is 0 Å². The molecule has 0 nitrogen and oxygen atoms in total. The number of hydrogen-bond donors (Lipinski definition) is 0. The quantitative estimate of drug-likeness (QED) is 0.190. The molecule has 0 bridgehead atoms. The fourth-order valence-electron chi connectivity index (χ4n) is 6.27. The van der Waals surface area contributed by atoms with Crippen LogP contribution in [0.3, 0.4) is 0 Å². The molecule has 0 saturated heterocycles. The third-order valence-electron chi connectivity index (χ3n) is 8.73. The van der Waals surface area contributed by atoms with Crippen LogP contribution in [-0.2, 0) is 34.5 Å². The molecular formula is C42H54BClS. The fourth-order valence-corrected chi connectivity index (χ4v) is 7.76. The van der Waals surface area contributed by atoms with Crippen LogP contribution in [0.4, 0.5) is 0 Å². The summed E-state index contributed by atoms with van der Waals surface area (Å²) in [4.78, 5) is 2.53. The highest BCUT2D eigenvalue weighted by Crippen LogP contribution is 2.39. The summed E-state index contributed by atoms with van der Waals surface area (Å²) in [5.74, 6) is 0. The van der Waals surface area contributed by atoms with Gasteiger partial charge < -0.3 is 0 Å². The zero-order valence-corrected chi connectivity index (χ0v) is 31.7. The van der Waals surface area contributed by atoms with Gasteiger partial charge in [-0.25, -0.2) is 0 Å². The lowest BCUT2D eigenvalue weighted by Crippen LogP contribution is -2.31. The smallest absolute Gasteiger partial charge is 0.0901 e. The molecule has 0 heterocycles. The Bertz CT molecular complexity index is 1440. The number of halogens is 1. The van der Waals surface area contributed by atoms with Gasteiger partial charge in [0.05, 0.1) is 0 Å². The first-order chi connectivity index (χ1) is 20.6. The van der Waals surface area contributed by atoms with Gasteiger partial charge in [-0.3, -0.25) is 0 Å². The molecule has 0 aromatic heterocycles. The minimum atomic E-state index is -0.00594. The molecular weight excluding hydrogens is 583 g/mol. The van der Waals surface area contributed by atoms with Crippen molar-refractivity contribution < 1.29 is 0 Å². The molecule has 0 spiro atoms. The molecule has 0 N–H and O–H groups in total. The second-order valence-corrected chi connectivity index (χ2v) is 18.6. The van der Waals surface area contributed by atoms with Gasteiger partial charge in [0.1, 0.15) is 7.85 Å². The van der Waals surface area contributed by atoms with Crippen molar-refractivity contribution >= 4 is 36.7 Å². The van der Waals surface area contributed by atoms with E-state index in [4.69, 9.17) is 11.6 Å². The lowest BCUT2D eigenvalue weighted by Gasteiger charge is -2.30. The highest BCUT2D eigenvalue weighted by atomic mass is 35.5. The van der Waals surface area contributed by atoms with Gasteiger partial charge in [-0.1, -0.05) is 160 Å². The van der Waals surface area contributed by atoms with Gasteiger partial charge in [0.15, 0.2) is 0 Å². The standard InChI is InChI=1S/C42H54BClS/c1-39(2,3)33-23-29(24-34(37(33)43)40(4,5)6)21-27-13-17-31(18-14-27)45-32-19-15-28(16-20-32)22-30-25-35(41(7,8)9)38(44)36(26-30)42(10,11)12/h13-20,23-26H,21-22,43H2,1-12H3.